The number of aromatic nitrogens is 1. The largest absolute Gasteiger partial charge is 0.458 e. The number of benzene rings is 1. The summed E-state index contributed by atoms with van der Waals surface area (Å²) >= 11 is 0. The van der Waals surface area contributed by atoms with Gasteiger partial charge in [0, 0.05) is 30.6 Å². The number of carbonyl (C=O) groups excluding carboxylic acids is 6. The number of aryl methyl sites for hydroxylation is 1. The standard InChI is InChI=1S/C35H48N6O8/c1-20(2)16-27(39-35(47)30(21(3)4)40-31(43)23(6)37-34(46)28-17-22(5)49-41-28)33(45)38-26(18-25-14-15-36-32(25)44)12-13-29(42)48-19-24-10-8-7-9-11-24/h7-13,17,20-21,23,25-27,30H,14-16,18-19H2,1-6H3,(H,36,44)(H,37,46)(H,38,45)(H,39,47)(H,40,43)/b13-12+/t23-,25-,26+,27-,30-/m0/s1. The summed E-state index contributed by atoms with van der Waals surface area (Å²) in [7, 11) is 0. The van der Waals surface area contributed by atoms with Crippen molar-refractivity contribution in [2.75, 3.05) is 6.54 Å². The Morgan fingerprint density at radius 3 is 2.29 bits per heavy atom. The maximum atomic E-state index is 13.7. The number of esters is 1. The molecule has 0 bridgehead atoms. The highest BCUT2D eigenvalue weighted by Gasteiger charge is 2.33. The molecule has 1 saturated heterocycles. The third kappa shape index (κ3) is 12.5. The van der Waals surface area contributed by atoms with Crippen LogP contribution in [0.4, 0.5) is 0 Å². The lowest BCUT2D eigenvalue weighted by molar-refractivity contribution is -0.139. The summed E-state index contributed by atoms with van der Waals surface area (Å²) in [6.45, 7) is 11.0. The van der Waals surface area contributed by atoms with E-state index in [9.17, 15) is 28.8 Å². The molecule has 0 radical (unpaired) electrons. The van der Waals surface area contributed by atoms with E-state index >= 15 is 0 Å². The van der Waals surface area contributed by atoms with E-state index in [0.29, 0.717) is 18.7 Å². The van der Waals surface area contributed by atoms with Crippen molar-refractivity contribution in [3.05, 3.63) is 65.6 Å². The van der Waals surface area contributed by atoms with Crippen LogP contribution in [0.3, 0.4) is 0 Å². The van der Waals surface area contributed by atoms with E-state index in [-0.39, 0.29) is 48.8 Å². The van der Waals surface area contributed by atoms with Crippen LogP contribution in [0.2, 0.25) is 0 Å². The second kappa shape index (κ2) is 18.5. The minimum Gasteiger partial charge on any atom is -0.458 e. The quantitative estimate of drug-likeness (QED) is 0.123. The summed E-state index contributed by atoms with van der Waals surface area (Å²) in [4.78, 5) is 77.6. The summed E-state index contributed by atoms with van der Waals surface area (Å²) < 4.78 is 10.2. The van der Waals surface area contributed by atoms with Crippen molar-refractivity contribution < 1.29 is 38.0 Å². The lowest BCUT2D eigenvalue weighted by Crippen LogP contribution is -2.58. The molecule has 0 saturated carbocycles. The van der Waals surface area contributed by atoms with E-state index in [1.807, 2.05) is 44.2 Å². The molecule has 0 aliphatic carbocycles. The molecule has 0 spiro atoms. The molecule has 49 heavy (non-hydrogen) atoms. The van der Waals surface area contributed by atoms with E-state index in [4.69, 9.17) is 9.26 Å². The normalized spacial score (nSPS) is 16.8. The van der Waals surface area contributed by atoms with Gasteiger partial charge >= 0.3 is 5.97 Å². The van der Waals surface area contributed by atoms with Gasteiger partial charge in [-0.3, -0.25) is 24.0 Å². The fraction of sp³-hybridized carbons (Fsp3) is 0.514. The van der Waals surface area contributed by atoms with Gasteiger partial charge in [0.05, 0.1) is 0 Å². The third-order valence-corrected chi connectivity index (χ3v) is 7.91. The van der Waals surface area contributed by atoms with Crippen LogP contribution in [0.25, 0.3) is 0 Å². The highest BCUT2D eigenvalue weighted by Crippen LogP contribution is 2.18. The Balaban J connectivity index is 1.68. The molecular formula is C35H48N6O8. The van der Waals surface area contributed by atoms with Crippen molar-refractivity contribution in [3.63, 3.8) is 0 Å². The van der Waals surface area contributed by atoms with Crippen molar-refractivity contribution in [2.45, 2.75) is 91.6 Å². The summed E-state index contributed by atoms with van der Waals surface area (Å²) in [6.07, 6.45) is 3.82. The van der Waals surface area contributed by atoms with Gasteiger partial charge in [-0.15, -0.1) is 0 Å². The van der Waals surface area contributed by atoms with Crippen LogP contribution in [0.1, 0.15) is 75.7 Å². The van der Waals surface area contributed by atoms with Crippen molar-refractivity contribution in [2.24, 2.45) is 17.8 Å². The second-order valence-corrected chi connectivity index (χ2v) is 13.0. The van der Waals surface area contributed by atoms with Crippen molar-refractivity contribution >= 4 is 35.5 Å². The van der Waals surface area contributed by atoms with Crippen molar-refractivity contribution in [1.82, 2.24) is 31.7 Å². The predicted molar refractivity (Wildman–Crippen MR) is 179 cm³/mol. The van der Waals surface area contributed by atoms with Crippen LogP contribution >= 0.6 is 0 Å². The molecule has 0 unspecified atom stereocenters. The van der Waals surface area contributed by atoms with Gasteiger partial charge < -0.3 is 35.8 Å². The molecule has 2 aromatic rings. The number of hydrogen-bond donors (Lipinski definition) is 5. The van der Waals surface area contributed by atoms with Gasteiger partial charge in [-0.25, -0.2) is 4.79 Å². The van der Waals surface area contributed by atoms with Crippen LogP contribution in [0.15, 0.2) is 53.1 Å². The number of nitrogens with one attached hydrogen (secondary N) is 5. The van der Waals surface area contributed by atoms with E-state index in [1.54, 1.807) is 20.8 Å². The highest BCUT2D eigenvalue weighted by molar-refractivity contribution is 5.97. The fourth-order valence-electron chi connectivity index (χ4n) is 5.20. The minimum absolute atomic E-state index is 0.00103. The van der Waals surface area contributed by atoms with E-state index in [1.165, 1.54) is 25.1 Å². The summed E-state index contributed by atoms with van der Waals surface area (Å²) in [5.41, 5.74) is 0.837. The summed E-state index contributed by atoms with van der Waals surface area (Å²) in [5.74, 6) is -3.35. The Morgan fingerprint density at radius 1 is 0.980 bits per heavy atom. The first kappa shape index (κ1) is 38.4. The molecule has 1 aromatic heterocycles. The monoisotopic (exact) mass is 680 g/mol. The third-order valence-electron chi connectivity index (χ3n) is 7.91. The van der Waals surface area contributed by atoms with E-state index in [2.05, 4.69) is 31.7 Å². The molecule has 1 fully saturated rings. The molecule has 1 aliphatic heterocycles. The molecule has 5 amide bonds. The molecule has 5 N–H and O–H groups in total. The van der Waals surface area contributed by atoms with Gasteiger partial charge in [0.2, 0.25) is 23.6 Å². The number of nitrogens with zero attached hydrogens (tertiary/aromatic N) is 1. The van der Waals surface area contributed by atoms with Crippen LogP contribution in [-0.2, 0) is 35.3 Å². The Morgan fingerprint density at radius 2 is 1.69 bits per heavy atom. The number of hydrogen-bond acceptors (Lipinski definition) is 9. The number of carbonyl (C=O) groups is 6. The highest BCUT2D eigenvalue weighted by atomic mass is 16.5. The average Bonchev–Trinajstić information content (AvgIpc) is 3.68. The molecular weight excluding hydrogens is 632 g/mol. The lowest BCUT2D eigenvalue weighted by Gasteiger charge is -2.28. The summed E-state index contributed by atoms with van der Waals surface area (Å²) in [6, 6.07) is 6.89. The van der Waals surface area contributed by atoms with Crippen LogP contribution < -0.4 is 26.6 Å². The van der Waals surface area contributed by atoms with Gasteiger partial charge in [-0.2, -0.15) is 0 Å². The van der Waals surface area contributed by atoms with E-state index < -0.39 is 53.8 Å². The first-order valence-corrected chi connectivity index (χ1v) is 16.5. The predicted octanol–water partition coefficient (Wildman–Crippen LogP) is 2.08. The van der Waals surface area contributed by atoms with Gasteiger partial charge in [0.1, 0.15) is 30.5 Å². The summed E-state index contributed by atoms with van der Waals surface area (Å²) in [5, 5.41) is 17.3. The lowest BCUT2D eigenvalue weighted by atomic mass is 9.96. The molecule has 14 nitrogen and oxygen atoms in total. The average molecular weight is 681 g/mol. The van der Waals surface area contributed by atoms with Gasteiger partial charge in [0.25, 0.3) is 5.91 Å². The topological polar surface area (TPSA) is 198 Å². The second-order valence-electron chi connectivity index (χ2n) is 13.0. The Bertz CT molecular complexity index is 1490. The van der Waals surface area contributed by atoms with Crippen LogP contribution in [0, 0.1) is 24.7 Å². The maximum Gasteiger partial charge on any atom is 0.330 e. The number of ether oxygens (including phenoxy) is 1. The number of amides is 5. The number of rotatable bonds is 17. The molecule has 5 atom stereocenters. The molecule has 3 rings (SSSR count). The Labute approximate surface area is 286 Å². The molecule has 266 valence electrons. The van der Waals surface area contributed by atoms with Crippen LogP contribution in [0.5, 0.6) is 0 Å². The molecule has 1 aromatic carbocycles. The first-order valence-electron chi connectivity index (χ1n) is 16.5. The zero-order valence-corrected chi connectivity index (χ0v) is 28.9. The molecule has 2 heterocycles. The van der Waals surface area contributed by atoms with Crippen molar-refractivity contribution in [1.29, 1.82) is 0 Å². The SMILES string of the molecule is Cc1cc(C(=O)N[C@@H](C)C(=O)N[C@H](C(=O)N[C@@H](CC(C)C)C(=O)N[C@H](/C=C/C(=O)OCc2ccccc2)C[C@@H]2CCNC2=O)C(C)C)no1. The molecule has 14 heteroatoms. The van der Waals surface area contributed by atoms with Crippen LogP contribution in [-0.4, -0.2) is 71.4 Å². The van der Waals surface area contributed by atoms with E-state index in [0.717, 1.165) is 5.56 Å². The van der Waals surface area contributed by atoms with Gasteiger partial charge in [-0.05, 0) is 50.5 Å². The van der Waals surface area contributed by atoms with Gasteiger partial charge in [0.15, 0.2) is 5.69 Å². The fourth-order valence-corrected chi connectivity index (χ4v) is 5.20. The smallest absolute Gasteiger partial charge is 0.330 e. The molecule has 1 aliphatic rings. The zero-order chi connectivity index (χ0) is 36.1. The van der Waals surface area contributed by atoms with Gasteiger partial charge in [-0.1, -0.05) is 69.3 Å². The van der Waals surface area contributed by atoms with Crippen molar-refractivity contribution in [3.8, 4) is 0 Å². The Kier molecular flexibility index (Phi) is 14.5. The minimum atomic E-state index is -1.03. The zero-order valence-electron chi connectivity index (χ0n) is 28.9. The first-order chi connectivity index (χ1) is 23.2. The Hall–Kier alpha value is -5.01. The maximum absolute atomic E-state index is 13.7.